The highest BCUT2D eigenvalue weighted by Gasteiger charge is 2.49. The van der Waals surface area contributed by atoms with Crippen molar-refractivity contribution in [2.75, 3.05) is 12.4 Å². The molecule has 1 aromatic heterocycles. The van der Waals surface area contributed by atoms with Crippen molar-refractivity contribution < 1.29 is 14.3 Å². The molecule has 164 valence electrons. The Bertz CT molecular complexity index is 1340. The number of methoxy groups -OCH3 is 1. The van der Waals surface area contributed by atoms with Crippen LogP contribution in [0, 0.1) is 11.3 Å². The number of allylic oxidation sites excluding steroid dienone is 1. The number of carbonyl (C=O) groups excluding carboxylic acids is 2. The largest absolute Gasteiger partial charge is 0.497 e. The van der Waals surface area contributed by atoms with Crippen molar-refractivity contribution in [2.24, 2.45) is 16.3 Å². The van der Waals surface area contributed by atoms with Crippen LogP contribution in [0.4, 0.5) is 5.82 Å². The van der Waals surface area contributed by atoms with E-state index < -0.39 is 23.1 Å². The number of H-pyrrole nitrogens is 2. The maximum absolute atomic E-state index is 13.7. The number of fused-ring (bicyclic) bond motifs is 2. The summed E-state index contributed by atoms with van der Waals surface area (Å²) in [7, 11) is 1.54. The van der Waals surface area contributed by atoms with Crippen molar-refractivity contribution >= 4 is 23.1 Å². The lowest BCUT2D eigenvalue weighted by Gasteiger charge is -2.39. The molecule has 5 rings (SSSR count). The number of rotatable bonds is 2. The van der Waals surface area contributed by atoms with Gasteiger partial charge in [0.1, 0.15) is 29.1 Å². The van der Waals surface area contributed by atoms with Crippen LogP contribution in [-0.2, 0) is 9.59 Å². The Morgan fingerprint density at radius 3 is 2.41 bits per heavy atom. The molecule has 0 amide bonds. The van der Waals surface area contributed by atoms with Crippen LogP contribution >= 0.6 is 0 Å². The summed E-state index contributed by atoms with van der Waals surface area (Å²) in [5.41, 5.74) is 0.0488. The molecule has 3 heterocycles. The number of carbonyl (C=O) groups is 2. The average Bonchev–Trinajstić information content (AvgIpc) is 2.71. The molecule has 1 saturated carbocycles. The number of aromatic amines is 2. The normalized spacial score (nSPS) is 23.5. The lowest BCUT2D eigenvalue weighted by molar-refractivity contribution is -0.130. The highest BCUT2D eigenvalue weighted by molar-refractivity contribution is 6.29. The molecule has 0 radical (unpaired) electrons. The number of nitrogens with one attached hydrogen (secondary N) is 3. The fraction of sp³-hybridized carbons (Fsp3) is 0.348. The van der Waals surface area contributed by atoms with E-state index in [2.05, 4.69) is 20.3 Å². The molecule has 0 spiro atoms. The van der Waals surface area contributed by atoms with E-state index in [1.165, 1.54) is 0 Å². The van der Waals surface area contributed by atoms with Gasteiger partial charge in [-0.3, -0.25) is 24.4 Å². The minimum Gasteiger partial charge on any atom is -0.497 e. The van der Waals surface area contributed by atoms with Crippen molar-refractivity contribution in [1.82, 2.24) is 9.97 Å². The van der Waals surface area contributed by atoms with Crippen molar-refractivity contribution in [3.8, 4) is 5.75 Å². The second-order valence-electron chi connectivity index (χ2n) is 9.17. The van der Waals surface area contributed by atoms with E-state index in [1.54, 1.807) is 31.4 Å². The molecule has 1 fully saturated rings. The van der Waals surface area contributed by atoms with Crippen molar-refractivity contribution in [2.45, 2.75) is 32.6 Å². The molecular formula is C23H22N4O5. The number of aromatic nitrogens is 2. The van der Waals surface area contributed by atoms with Crippen LogP contribution in [0.3, 0.4) is 0 Å². The third-order valence-electron chi connectivity index (χ3n) is 6.26. The van der Waals surface area contributed by atoms with Gasteiger partial charge in [0.2, 0.25) is 0 Å². The van der Waals surface area contributed by atoms with E-state index in [9.17, 15) is 19.2 Å². The molecule has 1 aromatic carbocycles. The van der Waals surface area contributed by atoms with Gasteiger partial charge in [-0.2, -0.15) is 0 Å². The summed E-state index contributed by atoms with van der Waals surface area (Å²) >= 11 is 0. The third kappa shape index (κ3) is 3.04. The van der Waals surface area contributed by atoms with Crippen LogP contribution in [-0.4, -0.2) is 34.4 Å². The van der Waals surface area contributed by atoms with Gasteiger partial charge in [0.15, 0.2) is 5.78 Å². The smallest absolute Gasteiger partial charge is 0.327 e. The van der Waals surface area contributed by atoms with Crippen molar-refractivity contribution in [3.05, 3.63) is 67.6 Å². The first-order valence-electron chi connectivity index (χ1n) is 10.3. The Labute approximate surface area is 182 Å². The van der Waals surface area contributed by atoms with Crippen molar-refractivity contribution in [3.63, 3.8) is 0 Å². The standard InChI is InChI=1S/C23H22N4O5/c1-23(2)8-12-15(13(28)9-23)18(29)16-14(10-4-6-11(32-3)7-5-10)17-20(25-19(16)24-12)26-22(31)27-21(17)30/h4-7,14-15H,8-9H2,1-3H3,(H3,25,26,27,30,31). The summed E-state index contributed by atoms with van der Waals surface area (Å²) in [6.07, 6.45) is 0.801. The quantitative estimate of drug-likeness (QED) is 0.618. The molecule has 2 unspecified atom stereocenters. The number of benzene rings is 1. The van der Waals surface area contributed by atoms with E-state index in [1.807, 2.05) is 13.8 Å². The predicted molar refractivity (Wildman–Crippen MR) is 117 cm³/mol. The van der Waals surface area contributed by atoms with Crippen LogP contribution in [0.15, 0.2) is 50.2 Å². The van der Waals surface area contributed by atoms with E-state index in [4.69, 9.17) is 4.74 Å². The maximum Gasteiger partial charge on any atom is 0.327 e. The van der Waals surface area contributed by atoms with Gasteiger partial charge in [-0.1, -0.05) is 26.0 Å². The number of anilines is 1. The van der Waals surface area contributed by atoms with Crippen LogP contribution in [0.5, 0.6) is 5.75 Å². The zero-order valence-electron chi connectivity index (χ0n) is 17.9. The summed E-state index contributed by atoms with van der Waals surface area (Å²) in [5.74, 6) is -1.17. The molecule has 1 aliphatic carbocycles. The van der Waals surface area contributed by atoms with E-state index in [0.717, 1.165) is 0 Å². The van der Waals surface area contributed by atoms with Gasteiger partial charge in [-0.25, -0.2) is 9.79 Å². The highest BCUT2D eigenvalue weighted by Crippen LogP contribution is 2.46. The van der Waals surface area contributed by atoms with Crippen LogP contribution in [0.1, 0.15) is 43.7 Å². The van der Waals surface area contributed by atoms with Gasteiger partial charge in [0, 0.05) is 12.1 Å². The maximum atomic E-state index is 13.7. The fourth-order valence-electron chi connectivity index (χ4n) is 4.93. The van der Waals surface area contributed by atoms with Gasteiger partial charge in [0.05, 0.1) is 24.2 Å². The summed E-state index contributed by atoms with van der Waals surface area (Å²) < 4.78 is 5.22. The lowest BCUT2D eigenvalue weighted by atomic mass is 9.66. The van der Waals surface area contributed by atoms with Gasteiger partial charge in [0.25, 0.3) is 5.56 Å². The van der Waals surface area contributed by atoms with E-state index >= 15 is 0 Å². The van der Waals surface area contributed by atoms with Crippen LogP contribution in [0.25, 0.3) is 0 Å². The lowest BCUT2D eigenvalue weighted by Crippen LogP contribution is -2.47. The minimum atomic E-state index is -0.937. The number of aliphatic imine (C=N–C) groups is 1. The van der Waals surface area contributed by atoms with Crippen molar-refractivity contribution in [1.29, 1.82) is 0 Å². The van der Waals surface area contributed by atoms with Gasteiger partial charge in [-0.05, 0) is 29.5 Å². The Morgan fingerprint density at radius 2 is 1.72 bits per heavy atom. The second-order valence-corrected chi connectivity index (χ2v) is 9.17. The fourth-order valence-corrected chi connectivity index (χ4v) is 4.93. The molecule has 3 aliphatic rings. The SMILES string of the molecule is COc1ccc(C2C3=C(N=C4CC(C)(C)CC(=O)C4C3=O)Nc3[nH]c(=O)[nH]c(=O)c32)cc1. The number of ether oxygens (including phenoxy) is 1. The number of hydrogen-bond acceptors (Lipinski definition) is 7. The first-order valence-corrected chi connectivity index (χ1v) is 10.3. The Hall–Kier alpha value is -3.75. The summed E-state index contributed by atoms with van der Waals surface area (Å²) in [4.78, 5) is 60.9. The monoisotopic (exact) mass is 434 g/mol. The first kappa shape index (κ1) is 20.2. The molecule has 0 saturated heterocycles. The first-order chi connectivity index (χ1) is 15.2. The Kier molecular flexibility index (Phi) is 4.34. The average molecular weight is 434 g/mol. The number of hydrogen-bond donors (Lipinski definition) is 3. The van der Waals surface area contributed by atoms with Gasteiger partial charge in [-0.15, -0.1) is 0 Å². The zero-order valence-corrected chi connectivity index (χ0v) is 17.9. The number of ketones is 2. The number of Topliss-reactive ketones (excluding diaryl/α,β-unsaturated/α-hetero) is 2. The molecule has 0 bridgehead atoms. The molecule has 3 N–H and O–H groups in total. The molecule has 2 atom stereocenters. The Morgan fingerprint density at radius 1 is 1.00 bits per heavy atom. The predicted octanol–water partition coefficient (Wildman–Crippen LogP) is 1.87. The van der Waals surface area contributed by atoms with Gasteiger partial charge < -0.3 is 10.1 Å². The molecule has 2 aromatic rings. The van der Waals surface area contributed by atoms with Crippen LogP contribution < -0.4 is 21.3 Å². The van der Waals surface area contributed by atoms with E-state index in [0.29, 0.717) is 23.4 Å². The minimum absolute atomic E-state index is 0.161. The molecule has 9 heteroatoms. The van der Waals surface area contributed by atoms with Crippen LogP contribution in [0.2, 0.25) is 0 Å². The third-order valence-corrected chi connectivity index (χ3v) is 6.26. The summed E-state index contributed by atoms with van der Waals surface area (Å²) in [6.45, 7) is 3.94. The summed E-state index contributed by atoms with van der Waals surface area (Å²) in [6, 6.07) is 6.97. The molecule has 2 aliphatic heterocycles. The van der Waals surface area contributed by atoms with E-state index in [-0.39, 0.29) is 46.2 Å². The second kappa shape index (κ2) is 6.88. The molecule has 9 nitrogen and oxygen atoms in total. The molecule has 32 heavy (non-hydrogen) atoms. The highest BCUT2D eigenvalue weighted by atomic mass is 16.5. The molecular weight excluding hydrogens is 412 g/mol. The number of nitrogens with zero attached hydrogens (tertiary/aromatic N) is 1. The summed E-state index contributed by atoms with van der Waals surface area (Å²) in [5, 5.41) is 2.97. The topological polar surface area (TPSA) is 133 Å². The zero-order chi connectivity index (χ0) is 22.8. The Balaban J connectivity index is 1.75. The van der Waals surface area contributed by atoms with Gasteiger partial charge >= 0.3 is 5.69 Å².